The van der Waals surface area contributed by atoms with Crippen molar-refractivity contribution in [3.8, 4) is 11.4 Å². The zero-order valence-electron chi connectivity index (χ0n) is 12.7. The molecule has 0 aliphatic rings. The Kier molecular flexibility index (Phi) is 2.96. The molecule has 0 amide bonds. The molecule has 0 unspecified atom stereocenters. The predicted molar refractivity (Wildman–Crippen MR) is 91.0 cm³/mol. The summed E-state index contributed by atoms with van der Waals surface area (Å²) in [5.74, 6) is 0.384. The minimum atomic E-state index is -0.467. The van der Waals surface area contributed by atoms with Gasteiger partial charge in [-0.15, -0.1) is 0 Å². The molecule has 2 heterocycles. The van der Waals surface area contributed by atoms with Crippen LogP contribution in [-0.2, 0) is 0 Å². The number of fused-ring (bicyclic) bond motifs is 2. The van der Waals surface area contributed by atoms with Crippen molar-refractivity contribution in [3.63, 3.8) is 0 Å². The van der Waals surface area contributed by atoms with Crippen LogP contribution in [0.5, 0.6) is 0 Å². The average Bonchev–Trinajstić information content (AvgIpc) is 2.97. The summed E-state index contributed by atoms with van der Waals surface area (Å²) in [5, 5.41) is 11.8. The van der Waals surface area contributed by atoms with Crippen molar-refractivity contribution in [1.29, 1.82) is 0 Å². The van der Waals surface area contributed by atoms with Crippen molar-refractivity contribution in [2.75, 3.05) is 0 Å². The number of nitro groups is 1. The molecule has 0 aliphatic carbocycles. The van der Waals surface area contributed by atoms with Gasteiger partial charge in [0.05, 0.1) is 21.5 Å². The maximum absolute atomic E-state index is 12.3. The molecule has 0 spiro atoms. The lowest BCUT2D eigenvalue weighted by Crippen LogP contribution is -2.09. The van der Waals surface area contributed by atoms with E-state index >= 15 is 0 Å². The quantitative estimate of drug-likeness (QED) is 0.436. The van der Waals surface area contributed by atoms with Crippen LogP contribution in [0.4, 0.5) is 5.69 Å². The highest BCUT2D eigenvalue weighted by Crippen LogP contribution is 2.24. The molecule has 2 aromatic heterocycles. The average molecular weight is 320 g/mol. The fourth-order valence-electron chi connectivity index (χ4n) is 2.74. The van der Waals surface area contributed by atoms with Crippen LogP contribution in [0, 0.1) is 17.0 Å². The Morgan fingerprint density at radius 3 is 2.67 bits per heavy atom. The van der Waals surface area contributed by atoms with Gasteiger partial charge in [0, 0.05) is 17.6 Å². The summed E-state index contributed by atoms with van der Waals surface area (Å²) in [6.07, 6.45) is 0. The van der Waals surface area contributed by atoms with Crippen molar-refractivity contribution >= 4 is 27.6 Å². The number of nitro benzene ring substituents is 1. The Labute approximate surface area is 135 Å². The van der Waals surface area contributed by atoms with Crippen molar-refractivity contribution in [1.82, 2.24) is 15.0 Å². The summed E-state index contributed by atoms with van der Waals surface area (Å²) < 4.78 is 0. The second kappa shape index (κ2) is 5.02. The first-order valence-corrected chi connectivity index (χ1v) is 7.29. The van der Waals surface area contributed by atoms with E-state index in [1.807, 2.05) is 25.1 Å². The number of aromatic nitrogens is 3. The summed E-state index contributed by atoms with van der Waals surface area (Å²) in [5.41, 5.74) is 3.02. The molecule has 0 saturated heterocycles. The zero-order valence-corrected chi connectivity index (χ0v) is 12.7. The van der Waals surface area contributed by atoms with Crippen LogP contribution in [0.15, 0.2) is 47.3 Å². The van der Waals surface area contributed by atoms with Gasteiger partial charge in [-0.2, -0.15) is 0 Å². The van der Waals surface area contributed by atoms with Gasteiger partial charge in [0.1, 0.15) is 5.82 Å². The van der Waals surface area contributed by atoms with Crippen molar-refractivity contribution in [2.24, 2.45) is 0 Å². The maximum Gasteiger partial charge on any atom is 0.271 e. The fraction of sp³-hybridized carbons (Fsp3) is 0.0588. The molecule has 0 atom stereocenters. The van der Waals surface area contributed by atoms with E-state index in [1.54, 1.807) is 12.1 Å². The number of benzene rings is 2. The largest absolute Gasteiger partial charge is 0.338 e. The molecular weight excluding hydrogens is 308 g/mol. The zero-order chi connectivity index (χ0) is 16.8. The van der Waals surface area contributed by atoms with Gasteiger partial charge in [-0.05, 0) is 36.6 Å². The third-order valence-corrected chi connectivity index (χ3v) is 3.93. The highest BCUT2D eigenvalue weighted by atomic mass is 16.6. The molecule has 24 heavy (non-hydrogen) atoms. The van der Waals surface area contributed by atoms with Gasteiger partial charge in [-0.25, -0.2) is 4.98 Å². The normalized spacial score (nSPS) is 11.2. The number of H-pyrrole nitrogens is 2. The second-order valence-corrected chi connectivity index (χ2v) is 5.65. The van der Waals surface area contributed by atoms with Gasteiger partial charge in [0.2, 0.25) is 0 Å². The van der Waals surface area contributed by atoms with Gasteiger partial charge in [0.25, 0.3) is 11.2 Å². The lowest BCUT2D eigenvalue weighted by Gasteiger charge is -2.02. The van der Waals surface area contributed by atoms with Crippen LogP contribution >= 0.6 is 0 Å². The number of nitrogens with zero attached hydrogens (tertiary/aromatic N) is 2. The van der Waals surface area contributed by atoms with Crippen LogP contribution in [0.2, 0.25) is 0 Å². The number of non-ortho nitro benzene ring substituents is 1. The number of aromatic amines is 2. The van der Waals surface area contributed by atoms with Crippen molar-refractivity contribution in [2.45, 2.75) is 6.92 Å². The minimum absolute atomic E-state index is 0.0271. The van der Waals surface area contributed by atoms with E-state index in [1.165, 1.54) is 12.1 Å². The van der Waals surface area contributed by atoms with E-state index in [4.69, 9.17) is 0 Å². The number of aryl methyl sites for hydroxylation is 1. The second-order valence-electron chi connectivity index (χ2n) is 5.65. The van der Waals surface area contributed by atoms with E-state index in [0.717, 1.165) is 16.5 Å². The first kappa shape index (κ1) is 14.1. The molecule has 0 aliphatic heterocycles. The summed E-state index contributed by atoms with van der Waals surface area (Å²) in [4.78, 5) is 33.0. The van der Waals surface area contributed by atoms with Crippen molar-refractivity contribution in [3.05, 3.63) is 68.5 Å². The molecule has 118 valence electrons. The molecule has 4 rings (SSSR count). The Bertz CT molecular complexity index is 1170. The van der Waals surface area contributed by atoms with Crippen LogP contribution < -0.4 is 5.56 Å². The molecule has 0 bridgehead atoms. The van der Waals surface area contributed by atoms with E-state index < -0.39 is 4.92 Å². The Hall–Kier alpha value is -3.48. The Balaban J connectivity index is 1.93. The van der Waals surface area contributed by atoms with Gasteiger partial charge in [-0.1, -0.05) is 11.6 Å². The Morgan fingerprint density at radius 2 is 1.88 bits per heavy atom. The van der Waals surface area contributed by atoms with Gasteiger partial charge < -0.3 is 9.97 Å². The number of rotatable bonds is 2. The van der Waals surface area contributed by atoms with E-state index in [-0.39, 0.29) is 11.2 Å². The van der Waals surface area contributed by atoms with E-state index in [2.05, 4.69) is 15.0 Å². The molecule has 0 saturated carbocycles. The van der Waals surface area contributed by atoms with Gasteiger partial charge in [0.15, 0.2) is 0 Å². The summed E-state index contributed by atoms with van der Waals surface area (Å²) >= 11 is 0. The molecule has 4 aromatic rings. The van der Waals surface area contributed by atoms with Gasteiger partial charge in [-0.3, -0.25) is 14.9 Å². The number of imidazole rings is 1. The molecule has 0 radical (unpaired) electrons. The fourth-order valence-corrected chi connectivity index (χ4v) is 2.74. The molecule has 0 fully saturated rings. The van der Waals surface area contributed by atoms with Crippen molar-refractivity contribution < 1.29 is 4.92 Å². The van der Waals surface area contributed by atoms with Crippen LogP contribution in [-0.4, -0.2) is 19.9 Å². The first-order chi connectivity index (χ1) is 11.5. The van der Waals surface area contributed by atoms with Crippen LogP contribution in [0.3, 0.4) is 0 Å². The number of pyridine rings is 1. The number of nitrogens with one attached hydrogen (secondary N) is 2. The molecule has 2 N–H and O–H groups in total. The third-order valence-electron chi connectivity index (χ3n) is 3.93. The van der Waals surface area contributed by atoms with E-state index in [9.17, 15) is 14.9 Å². The number of hydrogen-bond donors (Lipinski definition) is 2. The summed E-state index contributed by atoms with van der Waals surface area (Å²) in [7, 11) is 0. The Morgan fingerprint density at radius 1 is 1.04 bits per heavy atom. The molecular formula is C17H12N4O3. The summed E-state index contributed by atoms with van der Waals surface area (Å²) in [6, 6.07) is 11.9. The predicted octanol–water partition coefficient (Wildman–Crippen LogP) is 3.29. The standard InChI is InChI=1S/C17H12N4O3/c1-9-2-4-13-10(6-9)7-12(17(22)20-13)16-18-14-5-3-11(21(23)24)8-15(14)19-16/h2-8H,1H3,(H,18,19)(H,20,22). The first-order valence-electron chi connectivity index (χ1n) is 7.29. The van der Waals surface area contributed by atoms with Crippen LogP contribution in [0.1, 0.15) is 5.56 Å². The van der Waals surface area contributed by atoms with Gasteiger partial charge >= 0.3 is 0 Å². The lowest BCUT2D eigenvalue weighted by molar-refractivity contribution is -0.384. The molecule has 7 nitrogen and oxygen atoms in total. The smallest absolute Gasteiger partial charge is 0.271 e. The summed E-state index contributed by atoms with van der Waals surface area (Å²) in [6.45, 7) is 1.98. The van der Waals surface area contributed by atoms with E-state index in [0.29, 0.717) is 22.4 Å². The lowest BCUT2D eigenvalue weighted by atomic mass is 10.1. The SMILES string of the molecule is Cc1ccc2[nH]c(=O)c(-c3nc4ccc([N+](=O)[O-])cc4[nH]3)cc2c1. The molecule has 2 aromatic carbocycles. The minimum Gasteiger partial charge on any atom is -0.338 e. The third kappa shape index (κ3) is 2.23. The number of hydrogen-bond acceptors (Lipinski definition) is 4. The highest BCUT2D eigenvalue weighted by molar-refractivity contribution is 5.86. The maximum atomic E-state index is 12.3. The van der Waals surface area contributed by atoms with Crippen LogP contribution in [0.25, 0.3) is 33.3 Å². The highest BCUT2D eigenvalue weighted by Gasteiger charge is 2.13. The topological polar surface area (TPSA) is 105 Å². The molecule has 7 heteroatoms. The monoisotopic (exact) mass is 320 g/mol.